The lowest BCUT2D eigenvalue weighted by Crippen LogP contribution is -2.58. The fraction of sp³-hybridized carbons (Fsp3) is 0.640. The van der Waals surface area contributed by atoms with Crippen molar-refractivity contribution >= 4 is 5.97 Å². The Kier molecular flexibility index (Phi) is 7.34. The number of rotatable bonds is 5. The SMILES string of the molecule is COc1ccc([C@@H](C)N2CC/C=C\[C@H]3OC(C)(C)O[C@H]3[C@@H]2[C@@H](O)C(=O)OC(C)(C)C)cc1. The van der Waals surface area contributed by atoms with E-state index < -0.39 is 35.6 Å². The molecular weight excluding hydrogens is 410 g/mol. The predicted molar refractivity (Wildman–Crippen MR) is 121 cm³/mol. The van der Waals surface area contributed by atoms with Crippen LogP contribution in [0, 0.1) is 0 Å². The van der Waals surface area contributed by atoms with E-state index in [1.54, 1.807) is 27.9 Å². The van der Waals surface area contributed by atoms with Crippen LogP contribution < -0.4 is 4.74 Å². The maximum atomic E-state index is 13.0. The number of carbonyl (C=O) groups is 1. The Labute approximate surface area is 191 Å². The molecule has 1 saturated heterocycles. The third-order valence-electron chi connectivity index (χ3n) is 5.83. The van der Waals surface area contributed by atoms with E-state index in [-0.39, 0.29) is 12.1 Å². The van der Waals surface area contributed by atoms with E-state index >= 15 is 0 Å². The Morgan fingerprint density at radius 1 is 1.22 bits per heavy atom. The van der Waals surface area contributed by atoms with Crippen LogP contribution in [0.15, 0.2) is 36.4 Å². The highest BCUT2D eigenvalue weighted by Gasteiger charge is 2.51. The Morgan fingerprint density at radius 3 is 2.47 bits per heavy atom. The number of fused-ring (bicyclic) bond motifs is 1. The van der Waals surface area contributed by atoms with Gasteiger partial charge in [0.15, 0.2) is 11.9 Å². The van der Waals surface area contributed by atoms with E-state index in [0.29, 0.717) is 6.54 Å². The zero-order valence-corrected chi connectivity index (χ0v) is 20.2. The maximum Gasteiger partial charge on any atom is 0.337 e. The van der Waals surface area contributed by atoms with Gasteiger partial charge in [-0.15, -0.1) is 0 Å². The molecule has 1 N–H and O–H groups in total. The zero-order valence-electron chi connectivity index (χ0n) is 20.2. The minimum atomic E-state index is -1.40. The van der Waals surface area contributed by atoms with E-state index in [1.807, 2.05) is 44.2 Å². The largest absolute Gasteiger partial charge is 0.497 e. The van der Waals surface area contributed by atoms with Crippen LogP contribution in [0.3, 0.4) is 0 Å². The normalized spacial score (nSPS) is 28.7. The van der Waals surface area contributed by atoms with Gasteiger partial charge in [-0.05, 0) is 65.7 Å². The van der Waals surface area contributed by atoms with E-state index in [2.05, 4.69) is 17.9 Å². The monoisotopic (exact) mass is 447 g/mol. The van der Waals surface area contributed by atoms with Gasteiger partial charge in [-0.1, -0.05) is 24.3 Å². The van der Waals surface area contributed by atoms with E-state index in [9.17, 15) is 9.90 Å². The van der Waals surface area contributed by atoms with Crippen molar-refractivity contribution in [3.63, 3.8) is 0 Å². The number of benzene rings is 1. The number of hydrogen-bond acceptors (Lipinski definition) is 7. The molecule has 0 aliphatic carbocycles. The number of aliphatic hydroxyl groups is 1. The average Bonchev–Trinajstić information content (AvgIpc) is 3.00. The summed E-state index contributed by atoms with van der Waals surface area (Å²) in [6, 6.07) is 7.08. The molecule has 0 spiro atoms. The number of esters is 1. The predicted octanol–water partition coefficient (Wildman–Crippen LogP) is 3.61. The maximum absolute atomic E-state index is 13.0. The van der Waals surface area contributed by atoms with Gasteiger partial charge in [0.1, 0.15) is 23.6 Å². The molecule has 0 bridgehead atoms. The van der Waals surface area contributed by atoms with Gasteiger partial charge < -0.3 is 24.1 Å². The molecule has 3 rings (SSSR count). The highest BCUT2D eigenvalue weighted by molar-refractivity contribution is 5.76. The molecule has 1 fully saturated rings. The van der Waals surface area contributed by atoms with Gasteiger partial charge in [0, 0.05) is 12.6 Å². The molecule has 0 saturated carbocycles. The Morgan fingerprint density at radius 2 is 1.88 bits per heavy atom. The summed E-state index contributed by atoms with van der Waals surface area (Å²) in [5, 5.41) is 11.3. The lowest BCUT2D eigenvalue weighted by molar-refractivity contribution is -0.180. The van der Waals surface area contributed by atoms with Gasteiger partial charge >= 0.3 is 5.97 Å². The summed E-state index contributed by atoms with van der Waals surface area (Å²) >= 11 is 0. The second-order valence-electron chi connectivity index (χ2n) is 9.94. The quantitative estimate of drug-likeness (QED) is 0.546. The van der Waals surface area contributed by atoms with Gasteiger partial charge in [-0.25, -0.2) is 4.79 Å². The number of ether oxygens (including phenoxy) is 4. The summed E-state index contributed by atoms with van der Waals surface area (Å²) in [7, 11) is 1.63. The molecule has 0 aromatic heterocycles. The number of nitrogens with zero attached hydrogens (tertiary/aromatic N) is 1. The molecule has 0 amide bonds. The van der Waals surface area contributed by atoms with Crippen molar-refractivity contribution in [1.82, 2.24) is 4.90 Å². The molecule has 1 aromatic carbocycles. The summed E-state index contributed by atoms with van der Waals surface area (Å²) in [5.74, 6) is -0.715. The van der Waals surface area contributed by atoms with E-state index in [4.69, 9.17) is 18.9 Å². The number of aliphatic hydroxyl groups excluding tert-OH is 1. The fourth-order valence-electron chi connectivity index (χ4n) is 4.41. The van der Waals surface area contributed by atoms with Crippen LogP contribution in [-0.2, 0) is 19.0 Å². The topological polar surface area (TPSA) is 77.5 Å². The first-order chi connectivity index (χ1) is 14.9. The highest BCUT2D eigenvalue weighted by Crippen LogP contribution is 2.38. The van der Waals surface area contributed by atoms with Gasteiger partial charge in [0.2, 0.25) is 0 Å². The van der Waals surface area contributed by atoms with Crippen LogP contribution in [0.4, 0.5) is 0 Å². The third-order valence-corrected chi connectivity index (χ3v) is 5.83. The van der Waals surface area contributed by atoms with Gasteiger partial charge in [0.25, 0.3) is 0 Å². The summed E-state index contributed by atoms with van der Waals surface area (Å²) in [5.41, 5.74) is 0.337. The van der Waals surface area contributed by atoms with Crippen molar-refractivity contribution in [1.29, 1.82) is 0 Å². The van der Waals surface area contributed by atoms with Crippen molar-refractivity contribution in [2.75, 3.05) is 13.7 Å². The standard InChI is InChI=1S/C25H37NO6/c1-16(17-11-13-18(29-7)14-12-17)26-15-9-8-10-19-22(31-25(5,6)30-19)20(26)21(27)23(28)32-24(2,3)4/h8,10-14,16,19-22,27H,9,15H2,1-7H3/b10-8-/t16-,19-,20+,21-,22-/m1/s1. The first-order valence-corrected chi connectivity index (χ1v) is 11.2. The van der Waals surface area contributed by atoms with Crippen LogP contribution in [0.5, 0.6) is 5.75 Å². The molecule has 2 aliphatic heterocycles. The third kappa shape index (κ3) is 5.70. The first-order valence-electron chi connectivity index (χ1n) is 11.2. The summed E-state index contributed by atoms with van der Waals surface area (Å²) < 4.78 is 23.2. The molecule has 7 heteroatoms. The van der Waals surface area contributed by atoms with Crippen molar-refractivity contribution in [3.8, 4) is 5.75 Å². The van der Waals surface area contributed by atoms with Crippen LogP contribution in [-0.4, -0.2) is 65.4 Å². The van der Waals surface area contributed by atoms with E-state index in [0.717, 1.165) is 17.7 Å². The van der Waals surface area contributed by atoms with Gasteiger partial charge in [-0.2, -0.15) is 0 Å². The van der Waals surface area contributed by atoms with E-state index in [1.165, 1.54) is 0 Å². The molecule has 2 heterocycles. The lowest BCUT2D eigenvalue weighted by atomic mass is 9.92. The molecule has 1 aromatic rings. The minimum Gasteiger partial charge on any atom is -0.497 e. The first kappa shape index (κ1) is 24.7. The van der Waals surface area contributed by atoms with Crippen LogP contribution in [0.2, 0.25) is 0 Å². The van der Waals surface area contributed by atoms with Crippen molar-refractivity contribution < 1.29 is 28.8 Å². The van der Waals surface area contributed by atoms with Gasteiger partial charge in [-0.3, -0.25) is 4.90 Å². The molecule has 2 aliphatic rings. The lowest BCUT2D eigenvalue weighted by Gasteiger charge is -2.42. The van der Waals surface area contributed by atoms with Gasteiger partial charge in [0.05, 0.1) is 13.2 Å². The van der Waals surface area contributed by atoms with Crippen molar-refractivity contribution in [2.24, 2.45) is 0 Å². The van der Waals surface area contributed by atoms with Crippen LogP contribution in [0.1, 0.15) is 59.6 Å². The minimum absolute atomic E-state index is 0.0949. The molecule has 32 heavy (non-hydrogen) atoms. The Hall–Kier alpha value is -1.93. The van der Waals surface area contributed by atoms with Crippen molar-refractivity contribution in [3.05, 3.63) is 42.0 Å². The smallest absolute Gasteiger partial charge is 0.337 e. The summed E-state index contributed by atoms with van der Waals surface area (Å²) in [6.07, 6.45) is 2.50. The summed E-state index contributed by atoms with van der Waals surface area (Å²) in [4.78, 5) is 15.1. The molecule has 0 unspecified atom stereocenters. The Balaban J connectivity index is 1.99. The van der Waals surface area contributed by atoms with Crippen LogP contribution >= 0.6 is 0 Å². The summed E-state index contributed by atoms with van der Waals surface area (Å²) in [6.45, 7) is 11.8. The highest BCUT2D eigenvalue weighted by atomic mass is 16.8. The average molecular weight is 448 g/mol. The molecule has 5 atom stereocenters. The van der Waals surface area contributed by atoms with Crippen LogP contribution in [0.25, 0.3) is 0 Å². The number of methoxy groups -OCH3 is 1. The molecule has 178 valence electrons. The molecule has 7 nitrogen and oxygen atoms in total. The number of hydrogen-bond donors (Lipinski definition) is 1. The second kappa shape index (κ2) is 9.51. The second-order valence-corrected chi connectivity index (χ2v) is 9.94. The van der Waals surface area contributed by atoms with Crippen molar-refractivity contribution in [2.45, 2.75) is 89.7 Å². The fourth-order valence-corrected chi connectivity index (χ4v) is 4.41. The zero-order chi connectivity index (χ0) is 23.7. The molecule has 0 radical (unpaired) electrons. The Bertz CT molecular complexity index is 813. The number of carbonyl (C=O) groups excluding carboxylic acids is 1. The molecular formula is C25H37NO6.